The van der Waals surface area contributed by atoms with Gasteiger partial charge >= 0.3 is 0 Å². The third-order valence-corrected chi connectivity index (χ3v) is 4.97. The third-order valence-electron chi connectivity index (χ3n) is 3.99. The van der Waals surface area contributed by atoms with Crippen molar-refractivity contribution in [2.75, 3.05) is 5.32 Å². The van der Waals surface area contributed by atoms with Crippen LogP contribution in [0.15, 0.2) is 41.0 Å². The predicted molar refractivity (Wildman–Crippen MR) is 101 cm³/mol. The summed E-state index contributed by atoms with van der Waals surface area (Å²) >= 11 is 3.09. The average molecular weight is 438 g/mol. The van der Waals surface area contributed by atoms with Crippen LogP contribution in [0.1, 0.15) is 28.9 Å². The topological polar surface area (TPSA) is 64.7 Å². The first-order valence-electron chi connectivity index (χ1n) is 8.23. The zero-order chi connectivity index (χ0) is 19.6. The first kappa shape index (κ1) is 19.2. The summed E-state index contributed by atoms with van der Waals surface area (Å²) in [5, 5.41) is 10.8. The summed E-state index contributed by atoms with van der Waals surface area (Å²) in [6, 6.07) is 9.76. The van der Waals surface area contributed by atoms with Crippen molar-refractivity contribution in [3.63, 3.8) is 0 Å². The highest BCUT2D eigenvalue weighted by Gasteiger charge is 2.21. The van der Waals surface area contributed by atoms with Crippen LogP contribution >= 0.6 is 15.9 Å². The Morgan fingerprint density at radius 3 is 2.70 bits per heavy atom. The number of benzene rings is 1. The molecule has 1 amide bonds. The maximum Gasteiger partial charge on any atom is 0.283 e. The number of hydrogen-bond acceptors (Lipinski definition) is 3. The number of nitrogens with zero attached hydrogens (tertiary/aromatic N) is 4. The number of aromatic nitrogens is 4. The number of amides is 1. The molecule has 0 unspecified atom stereocenters. The van der Waals surface area contributed by atoms with Gasteiger partial charge in [0.05, 0.1) is 16.7 Å². The van der Waals surface area contributed by atoms with E-state index in [1.807, 2.05) is 25.1 Å². The Morgan fingerprint density at radius 1 is 1.26 bits per heavy atom. The first-order valence-corrected chi connectivity index (χ1v) is 9.02. The second kappa shape index (κ2) is 7.99. The first-order chi connectivity index (χ1) is 12.8. The minimum atomic E-state index is -2.71. The van der Waals surface area contributed by atoms with Crippen molar-refractivity contribution in [2.24, 2.45) is 0 Å². The van der Waals surface area contributed by atoms with Crippen molar-refractivity contribution in [3.05, 3.63) is 63.5 Å². The predicted octanol–water partition coefficient (Wildman–Crippen LogP) is 4.08. The highest BCUT2D eigenvalue weighted by molar-refractivity contribution is 9.10. The number of carbonyl (C=O) groups excluding carboxylic acids is 1. The summed E-state index contributed by atoms with van der Waals surface area (Å²) in [5.74, 6) is 0.000308. The molecule has 0 saturated heterocycles. The van der Waals surface area contributed by atoms with Gasteiger partial charge in [0, 0.05) is 12.3 Å². The molecule has 1 aromatic carbocycles. The molecule has 6 nitrogen and oxygen atoms in total. The van der Waals surface area contributed by atoms with Crippen LogP contribution in [0.2, 0.25) is 0 Å². The van der Waals surface area contributed by atoms with Gasteiger partial charge in [-0.05, 0) is 35.3 Å². The van der Waals surface area contributed by atoms with Crippen molar-refractivity contribution in [3.8, 4) is 0 Å². The van der Waals surface area contributed by atoms with Gasteiger partial charge in [0.2, 0.25) is 5.91 Å². The van der Waals surface area contributed by atoms with E-state index in [0.717, 1.165) is 11.1 Å². The fraction of sp³-hybridized carbons (Fsp3) is 0.278. The van der Waals surface area contributed by atoms with Crippen LogP contribution in [0.5, 0.6) is 0 Å². The molecule has 3 aromatic rings. The van der Waals surface area contributed by atoms with Gasteiger partial charge in [0.15, 0.2) is 5.82 Å². The number of carbonyl (C=O) groups is 1. The summed E-state index contributed by atoms with van der Waals surface area (Å²) in [4.78, 5) is 12.2. The van der Waals surface area contributed by atoms with Crippen LogP contribution in [0.25, 0.3) is 0 Å². The van der Waals surface area contributed by atoms with E-state index in [1.54, 1.807) is 23.9 Å². The number of nitrogens with one attached hydrogen (secondary N) is 1. The van der Waals surface area contributed by atoms with Crippen molar-refractivity contribution in [2.45, 2.75) is 33.4 Å². The molecule has 0 atom stereocenters. The SMILES string of the molecule is Cc1cccc(Cn2ccc(NC(=O)Cn3nc(C(F)F)c(Br)c3C)n2)c1. The lowest BCUT2D eigenvalue weighted by molar-refractivity contribution is -0.117. The molecular weight excluding hydrogens is 420 g/mol. The maximum atomic E-state index is 12.9. The maximum absolute atomic E-state index is 12.9. The minimum absolute atomic E-state index is 0.179. The van der Waals surface area contributed by atoms with Crippen molar-refractivity contribution < 1.29 is 13.6 Å². The lowest BCUT2D eigenvalue weighted by Crippen LogP contribution is -2.20. The van der Waals surface area contributed by atoms with E-state index in [2.05, 4.69) is 37.5 Å². The third kappa shape index (κ3) is 4.60. The molecule has 0 saturated carbocycles. The van der Waals surface area contributed by atoms with Gasteiger partial charge in [-0.1, -0.05) is 29.8 Å². The molecule has 0 aliphatic heterocycles. The van der Waals surface area contributed by atoms with Gasteiger partial charge in [0.25, 0.3) is 6.43 Å². The molecular formula is C18H18BrF2N5O. The lowest BCUT2D eigenvalue weighted by atomic mass is 10.1. The molecule has 9 heteroatoms. The number of alkyl halides is 2. The van der Waals surface area contributed by atoms with Gasteiger partial charge in [-0.15, -0.1) is 0 Å². The van der Waals surface area contributed by atoms with Gasteiger partial charge < -0.3 is 5.32 Å². The van der Waals surface area contributed by atoms with Crippen LogP contribution < -0.4 is 5.32 Å². The standard InChI is InChI=1S/C18H18BrF2N5O/c1-11-4-3-5-13(8-11)9-25-7-6-14(23-25)22-15(27)10-26-12(2)16(19)17(24-26)18(20)21/h3-8,18H,9-10H2,1-2H3,(H,22,23,27). The fourth-order valence-electron chi connectivity index (χ4n) is 2.67. The van der Waals surface area contributed by atoms with Gasteiger partial charge in [-0.2, -0.15) is 10.2 Å². The Morgan fingerprint density at radius 2 is 2.04 bits per heavy atom. The average Bonchev–Trinajstić information content (AvgIpc) is 3.14. The number of anilines is 1. The summed E-state index contributed by atoms with van der Waals surface area (Å²) < 4.78 is 29.0. The van der Waals surface area contributed by atoms with Crippen molar-refractivity contribution in [1.82, 2.24) is 19.6 Å². The number of halogens is 3. The molecule has 0 bridgehead atoms. The monoisotopic (exact) mass is 437 g/mol. The molecule has 1 N–H and O–H groups in total. The zero-order valence-corrected chi connectivity index (χ0v) is 16.4. The van der Waals surface area contributed by atoms with E-state index in [4.69, 9.17) is 0 Å². The Labute approximate surface area is 163 Å². The van der Waals surface area contributed by atoms with Crippen LogP contribution in [-0.2, 0) is 17.9 Å². The van der Waals surface area contributed by atoms with E-state index >= 15 is 0 Å². The van der Waals surface area contributed by atoms with E-state index in [-0.39, 0.29) is 16.7 Å². The van der Waals surface area contributed by atoms with Gasteiger partial charge in [-0.25, -0.2) is 8.78 Å². The second-order valence-corrected chi connectivity index (χ2v) is 6.97. The Balaban J connectivity index is 1.64. The fourth-order valence-corrected chi connectivity index (χ4v) is 3.13. The van der Waals surface area contributed by atoms with E-state index in [0.29, 0.717) is 18.1 Å². The molecule has 3 rings (SSSR count). The second-order valence-electron chi connectivity index (χ2n) is 6.18. The van der Waals surface area contributed by atoms with Crippen LogP contribution in [0.4, 0.5) is 14.6 Å². The van der Waals surface area contributed by atoms with Gasteiger partial charge in [0.1, 0.15) is 12.2 Å². The molecule has 2 aromatic heterocycles. The lowest BCUT2D eigenvalue weighted by Gasteiger charge is -2.05. The van der Waals surface area contributed by atoms with Crippen LogP contribution in [0.3, 0.4) is 0 Å². The molecule has 142 valence electrons. The summed E-state index contributed by atoms with van der Waals surface area (Å²) in [6.45, 7) is 4.04. The molecule has 27 heavy (non-hydrogen) atoms. The van der Waals surface area contributed by atoms with Crippen molar-refractivity contribution >= 4 is 27.7 Å². The number of aryl methyl sites for hydroxylation is 1. The molecule has 0 fully saturated rings. The molecule has 0 aliphatic carbocycles. The minimum Gasteiger partial charge on any atom is -0.308 e. The Hall–Kier alpha value is -2.55. The largest absolute Gasteiger partial charge is 0.308 e. The quantitative estimate of drug-likeness (QED) is 0.631. The van der Waals surface area contributed by atoms with Crippen LogP contribution in [0, 0.1) is 13.8 Å². The van der Waals surface area contributed by atoms with Crippen LogP contribution in [-0.4, -0.2) is 25.5 Å². The Kier molecular flexibility index (Phi) is 5.69. The smallest absolute Gasteiger partial charge is 0.283 e. The molecule has 0 aliphatic rings. The summed E-state index contributed by atoms with van der Waals surface area (Å²) in [5.41, 5.74) is 2.36. The summed E-state index contributed by atoms with van der Waals surface area (Å²) in [6.07, 6.45) is -0.942. The normalized spacial score (nSPS) is 11.2. The summed E-state index contributed by atoms with van der Waals surface area (Å²) in [7, 11) is 0. The molecule has 2 heterocycles. The van der Waals surface area contributed by atoms with Gasteiger partial charge in [-0.3, -0.25) is 14.2 Å². The number of rotatable bonds is 6. The highest BCUT2D eigenvalue weighted by atomic mass is 79.9. The van der Waals surface area contributed by atoms with Crippen molar-refractivity contribution in [1.29, 1.82) is 0 Å². The van der Waals surface area contributed by atoms with E-state index in [1.165, 1.54) is 4.68 Å². The van der Waals surface area contributed by atoms with E-state index < -0.39 is 12.3 Å². The van der Waals surface area contributed by atoms with E-state index in [9.17, 15) is 13.6 Å². The number of hydrogen-bond donors (Lipinski definition) is 1. The highest BCUT2D eigenvalue weighted by Crippen LogP contribution is 2.28. The molecule has 0 radical (unpaired) electrons. The Bertz CT molecular complexity index is 967. The molecule has 0 spiro atoms. The zero-order valence-electron chi connectivity index (χ0n) is 14.8.